The second-order valence-electron chi connectivity index (χ2n) is 18.3. The van der Waals surface area contributed by atoms with Gasteiger partial charge in [0.15, 0.2) is 12.6 Å². The van der Waals surface area contributed by atoms with Crippen LogP contribution in [0.3, 0.4) is 0 Å². The van der Waals surface area contributed by atoms with Gasteiger partial charge in [0.1, 0.15) is 48.8 Å². The second kappa shape index (κ2) is 37.5. The number of carbonyl (C=O) groups is 1. The molecule has 0 aromatic heterocycles. The van der Waals surface area contributed by atoms with Crippen LogP contribution in [0.5, 0.6) is 0 Å². The van der Waals surface area contributed by atoms with E-state index in [1.165, 1.54) is 103 Å². The van der Waals surface area contributed by atoms with E-state index in [-0.39, 0.29) is 12.5 Å². The summed E-state index contributed by atoms with van der Waals surface area (Å²) in [6.07, 6.45) is 24.0. The summed E-state index contributed by atoms with van der Waals surface area (Å²) in [5.41, 5.74) is 0. The largest absolute Gasteiger partial charge is 0.394 e. The minimum absolute atomic E-state index is 0.215. The van der Waals surface area contributed by atoms with Crippen molar-refractivity contribution in [2.75, 3.05) is 19.8 Å². The van der Waals surface area contributed by atoms with Gasteiger partial charge in [-0.25, -0.2) is 0 Å². The standard InChI is InChI=1S/C50H93NO13/c1-3-5-7-9-10-11-12-13-14-15-16-17-18-19-20-21-22-23-24-25-26-27-28-30-32-34-42(55)51-38(39(54)33-31-29-8-6-4-2)37-61-49-47(60)45(58)48(41(36-53)63-49)64-50-46(59)44(57)43(56)40(35-52)62-50/h12-13,15-16,38-41,43-50,52-54,56-60H,3-11,14,17-37H2,1-2H3,(H,51,55)/b13-12-,16-15-. The van der Waals surface area contributed by atoms with Crippen LogP contribution in [0.15, 0.2) is 24.3 Å². The molecule has 0 aliphatic carbocycles. The number of nitrogens with one attached hydrogen (secondary N) is 1. The van der Waals surface area contributed by atoms with E-state index in [2.05, 4.69) is 43.5 Å². The lowest BCUT2D eigenvalue weighted by molar-refractivity contribution is -0.359. The number of allylic oxidation sites excluding steroid dienone is 4. The van der Waals surface area contributed by atoms with Gasteiger partial charge in [-0.05, 0) is 44.9 Å². The summed E-state index contributed by atoms with van der Waals surface area (Å²) in [6.45, 7) is 2.74. The molecule has 2 heterocycles. The zero-order valence-corrected chi connectivity index (χ0v) is 39.8. The Balaban J connectivity index is 1.65. The Morgan fingerprint density at radius 2 is 1.03 bits per heavy atom. The fraction of sp³-hybridized carbons (Fsp3) is 0.900. The van der Waals surface area contributed by atoms with Gasteiger partial charge < -0.3 is 65.1 Å². The maximum absolute atomic E-state index is 13.1. The maximum atomic E-state index is 13.1. The van der Waals surface area contributed by atoms with Crippen molar-refractivity contribution in [3.8, 4) is 0 Å². The molecule has 0 saturated carbocycles. The first-order valence-electron chi connectivity index (χ1n) is 25.6. The second-order valence-corrected chi connectivity index (χ2v) is 18.3. The van der Waals surface area contributed by atoms with E-state index in [4.69, 9.17) is 18.9 Å². The molecule has 14 heteroatoms. The van der Waals surface area contributed by atoms with E-state index in [9.17, 15) is 45.6 Å². The van der Waals surface area contributed by atoms with Gasteiger partial charge in [0.25, 0.3) is 0 Å². The molecule has 0 bridgehead atoms. The molecule has 2 fully saturated rings. The van der Waals surface area contributed by atoms with Crippen molar-refractivity contribution in [1.82, 2.24) is 5.32 Å². The quantitative estimate of drug-likeness (QED) is 0.0236. The van der Waals surface area contributed by atoms with Gasteiger partial charge in [-0.2, -0.15) is 0 Å². The summed E-state index contributed by atoms with van der Waals surface area (Å²) in [4.78, 5) is 13.1. The van der Waals surface area contributed by atoms with Crippen LogP contribution < -0.4 is 5.32 Å². The molecule has 9 N–H and O–H groups in total. The summed E-state index contributed by atoms with van der Waals surface area (Å²) >= 11 is 0. The van der Waals surface area contributed by atoms with Crippen molar-refractivity contribution in [1.29, 1.82) is 0 Å². The SMILES string of the molecule is CCCCCCC/C=C\C/C=C\CCCCCCCCCCCCCCCC(=O)NC(COC1OC(CO)C(OC2OC(CO)C(O)C(O)C2O)C(O)C1O)C(O)CCCCCCC. The molecule has 64 heavy (non-hydrogen) atoms. The Hall–Kier alpha value is -1.53. The van der Waals surface area contributed by atoms with Crippen LogP contribution in [0, 0.1) is 0 Å². The highest BCUT2D eigenvalue weighted by Crippen LogP contribution is 2.30. The summed E-state index contributed by atoms with van der Waals surface area (Å²) < 4.78 is 22.6. The number of hydrogen-bond donors (Lipinski definition) is 9. The van der Waals surface area contributed by atoms with E-state index < -0.39 is 86.8 Å². The third-order valence-corrected chi connectivity index (χ3v) is 12.7. The third-order valence-electron chi connectivity index (χ3n) is 12.7. The van der Waals surface area contributed by atoms with Crippen molar-refractivity contribution in [3.63, 3.8) is 0 Å². The van der Waals surface area contributed by atoms with Crippen LogP contribution in [-0.2, 0) is 23.7 Å². The van der Waals surface area contributed by atoms with Gasteiger partial charge in [0.05, 0.1) is 32.0 Å². The highest BCUT2D eigenvalue weighted by Gasteiger charge is 2.51. The number of hydrogen-bond acceptors (Lipinski definition) is 13. The van der Waals surface area contributed by atoms with Crippen LogP contribution >= 0.6 is 0 Å². The number of amides is 1. The van der Waals surface area contributed by atoms with E-state index in [1.54, 1.807) is 0 Å². The topological polar surface area (TPSA) is 228 Å². The Bertz CT molecular complexity index is 1170. The molecular weight excluding hydrogens is 823 g/mol. The number of carbonyl (C=O) groups excluding carboxylic acids is 1. The van der Waals surface area contributed by atoms with E-state index in [1.807, 2.05) is 0 Å². The minimum atomic E-state index is -1.78. The van der Waals surface area contributed by atoms with Crippen LogP contribution in [-0.4, -0.2) is 140 Å². The first-order chi connectivity index (χ1) is 31.1. The minimum Gasteiger partial charge on any atom is -0.394 e. The average Bonchev–Trinajstić information content (AvgIpc) is 3.29. The molecule has 12 atom stereocenters. The molecule has 12 unspecified atom stereocenters. The summed E-state index contributed by atoms with van der Waals surface area (Å²) in [7, 11) is 0. The van der Waals surface area contributed by atoms with Crippen molar-refractivity contribution in [3.05, 3.63) is 24.3 Å². The Morgan fingerprint density at radius 3 is 1.56 bits per heavy atom. The lowest BCUT2D eigenvalue weighted by Crippen LogP contribution is -2.65. The number of rotatable bonds is 39. The van der Waals surface area contributed by atoms with Gasteiger partial charge in [0.2, 0.25) is 5.91 Å². The summed E-state index contributed by atoms with van der Waals surface area (Å²) in [5.74, 6) is -0.215. The van der Waals surface area contributed by atoms with Gasteiger partial charge in [-0.1, -0.05) is 167 Å². The van der Waals surface area contributed by atoms with Gasteiger partial charge in [-0.15, -0.1) is 0 Å². The molecule has 0 radical (unpaired) electrons. The van der Waals surface area contributed by atoms with E-state index in [0.717, 1.165) is 64.2 Å². The Kier molecular flexibility index (Phi) is 34.3. The van der Waals surface area contributed by atoms with E-state index >= 15 is 0 Å². The molecule has 2 aliphatic rings. The zero-order valence-electron chi connectivity index (χ0n) is 39.8. The molecule has 0 aromatic carbocycles. The summed E-state index contributed by atoms with van der Waals surface area (Å²) in [5, 5.41) is 86.3. The van der Waals surface area contributed by atoms with E-state index in [0.29, 0.717) is 12.8 Å². The molecule has 0 aromatic rings. The fourth-order valence-corrected chi connectivity index (χ4v) is 8.44. The molecule has 2 rings (SSSR count). The normalized spacial score (nSPS) is 27.4. The third kappa shape index (κ3) is 24.5. The molecular formula is C50H93NO13. The first kappa shape index (κ1) is 58.6. The predicted octanol–water partition coefficient (Wildman–Crippen LogP) is 6.55. The maximum Gasteiger partial charge on any atom is 0.220 e. The highest BCUT2D eigenvalue weighted by molar-refractivity contribution is 5.76. The van der Waals surface area contributed by atoms with Crippen LogP contribution in [0.25, 0.3) is 0 Å². The van der Waals surface area contributed by atoms with Crippen molar-refractivity contribution in [2.45, 2.75) is 267 Å². The molecule has 1 amide bonds. The first-order valence-corrected chi connectivity index (χ1v) is 25.6. The molecule has 0 spiro atoms. The van der Waals surface area contributed by atoms with Crippen LogP contribution in [0.1, 0.15) is 194 Å². The van der Waals surface area contributed by atoms with Crippen LogP contribution in [0.4, 0.5) is 0 Å². The Morgan fingerprint density at radius 1 is 0.562 bits per heavy atom. The monoisotopic (exact) mass is 916 g/mol. The van der Waals surface area contributed by atoms with Crippen LogP contribution in [0.2, 0.25) is 0 Å². The van der Waals surface area contributed by atoms with Crippen molar-refractivity contribution in [2.24, 2.45) is 0 Å². The van der Waals surface area contributed by atoms with Crippen molar-refractivity contribution >= 4 is 5.91 Å². The fourth-order valence-electron chi connectivity index (χ4n) is 8.44. The van der Waals surface area contributed by atoms with Crippen molar-refractivity contribution < 1.29 is 64.6 Å². The highest BCUT2D eigenvalue weighted by atomic mass is 16.7. The lowest BCUT2D eigenvalue weighted by atomic mass is 9.97. The smallest absolute Gasteiger partial charge is 0.220 e. The zero-order chi connectivity index (χ0) is 46.8. The van der Waals surface area contributed by atoms with Gasteiger partial charge >= 0.3 is 0 Å². The average molecular weight is 916 g/mol. The van der Waals surface area contributed by atoms with Gasteiger partial charge in [0, 0.05) is 6.42 Å². The molecule has 2 saturated heterocycles. The molecule has 14 nitrogen and oxygen atoms in total. The Labute approximate surface area is 386 Å². The molecule has 376 valence electrons. The number of aliphatic hydroxyl groups is 8. The number of aliphatic hydroxyl groups excluding tert-OH is 8. The summed E-state index contributed by atoms with van der Waals surface area (Å²) in [6, 6.07) is -0.823. The number of unbranched alkanes of at least 4 members (excludes halogenated alkanes) is 22. The lowest BCUT2D eigenvalue weighted by Gasteiger charge is -2.46. The van der Waals surface area contributed by atoms with Gasteiger partial charge in [-0.3, -0.25) is 4.79 Å². The molecule has 2 aliphatic heterocycles. The number of ether oxygens (including phenoxy) is 4. The predicted molar refractivity (Wildman–Crippen MR) is 249 cm³/mol.